The van der Waals surface area contributed by atoms with Gasteiger partial charge < -0.3 is 10.3 Å². The Kier molecular flexibility index (Phi) is 2.24. The van der Waals surface area contributed by atoms with E-state index in [0.29, 0.717) is 11.7 Å². The fourth-order valence-electron chi connectivity index (χ4n) is 1.16. The normalized spacial score (nSPS) is 12.7. The number of hydrogen-bond acceptors (Lipinski definition) is 5. The van der Waals surface area contributed by atoms with Gasteiger partial charge in [0.05, 0.1) is 6.04 Å². The second kappa shape index (κ2) is 3.55. The first-order chi connectivity index (χ1) is 6.77. The summed E-state index contributed by atoms with van der Waals surface area (Å²) in [6.45, 7) is 1.73. The third-order valence-corrected chi connectivity index (χ3v) is 1.89. The molecule has 0 aliphatic rings. The molecule has 0 spiro atoms. The third kappa shape index (κ3) is 1.62. The zero-order valence-corrected chi connectivity index (χ0v) is 7.71. The molecule has 0 saturated carbocycles. The molecule has 0 bridgehead atoms. The summed E-state index contributed by atoms with van der Waals surface area (Å²) in [5.41, 5.74) is 6.83. The van der Waals surface area contributed by atoms with Crippen molar-refractivity contribution in [3.63, 3.8) is 0 Å². The van der Waals surface area contributed by atoms with Gasteiger partial charge in [-0.15, -0.1) is 0 Å². The van der Waals surface area contributed by atoms with Crippen LogP contribution in [0.3, 0.4) is 0 Å². The van der Waals surface area contributed by atoms with E-state index in [-0.39, 0.29) is 6.04 Å². The highest BCUT2D eigenvalue weighted by Crippen LogP contribution is 2.15. The summed E-state index contributed by atoms with van der Waals surface area (Å²) >= 11 is 0. The maximum atomic E-state index is 5.92. The smallest absolute Gasteiger partial charge is 0.223 e. The first-order valence-corrected chi connectivity index (χ1v) is 4.23. The standard InChI is InChI=1S/C9H10N4O/c1-6-12-9(13-14-6)8(10)7-2-4-11-5-3-7/h2-5,8H,10H2,1H3/t8-/m1/s1. The molecule has 5 heteroatoms. The molecular weight excluding hydrogens is 180 g/mol. The molecule has 1 atom stereocenters. The quantitative estimate of drug-likeness (QED) is 0.758. The average Bonchev–Trinajstić information content (AvgIpc) is 2.65. The molecule has 0 aliphatic carbocycles. The Hall–Kier alpha value is -1.75. The maximum Gasteiger partial charge on any atom is 0.223 e. The molecule has 2 rings (SSSR count). The van der Waals surface area contributed by atoms with Crippen molar-refractivity contribution in [2.75, 3.05) is 0 Å². The lowest BCUT2D eigenvalue weighted by Gasteiger charge is -2.05. The van der Waals surface area contributed by atoms with Gasteiger partial charge >= 0.3 is 0 Å². The Labute approximate surface area is 81.0 Å². The Balaban J connectivity index is 2.29. The molecule has 0 unspecified atom stereocenters. The van der Waals surface area contributed by atoms with Crippen LogP contribution in [0, 0.1) is 6.92 Å². The van der Waals surface area contributed by atoms with Crippen LogP contribution in [0.4, 0.5) is 0 Å². The average molecular weight is 190 g/mol. The van der Waals surface area contributed by atoms with Crippen molar-refractivity contribution in [3.8, 4) is 0 Å². The van der Waals surface area contributed by atoms with Gasteiger partial charge in [-0.25, -0.2) is 0 Å². The topological polar surface area (TPSA) is 77.8 Å². The van der Waals surface area contributed by atoms with E-state index in [1.54, 1.807) is 19.3 Å². The van der Waals surface area contributed by atoms with E-state index in [2.05, 4.69) is 15.1 Å². The molecule has 0 aromatic carbocycles. The fraction of sp³-hybridized carbons (Fsp3) is 0.222. The molecule has 2 aromatic heterocycles. The lowest BCUT2D eigenvalue weighted by atomic mass is 10.1. The van der Waals surface area contributed by atoms with Gasteiger partial charge in [0.2, 0.25) is 5.89 Å². The molecule has 2 N–H and O–H groups in total. The molecule has 0 saturated heterocycles. The molecule has 2 aromatic rings. The van der Waals surface area contributed by atoms with Gasteiger partial charge in [0, 0.05) is 19.3 Å². The second-order valence-corrected chi connectivity index (χ2v) is 2.93. The zero-order chi connectivity index (χ0) is 9.97. The molecule has 72 valence electrons. The molecule has 0 radical (unpaired) electrons. The van der Waals surface area contributed by atoms with Gasteiger partial charge in [-0.3, -0.25) is 4.98 Å². The van der Waals surface area contributed by atoms with Gasteiger partial charge in [0.1, 0.15) is 0 Å². The number of aromatic nitrogens is 3. The van der Waals surface area contributed by atoms with Crippen molar-refractivity contribution in [3.05, 3.63) is 41.8 Å². The van der Waals surface area contributed by atoms with Gasteiger partial charge in [0.15, 0.2) is 5.82 Å². The van der Waals surface area contributed by atoms with E-state index in [1.807, 2.05) is 12.1 Å². The van der Waals surface area contributed by atoms with E-state index >= 15 is 0 Å². The van der Waals surface area contributed by atoms with E-state index in [1.165, 1.54) is 0 Å². The Bertz CT molecular complexity index is 412. The fourth-order valence-corrected chi connectivity index (χ4v) is 1.16. The number of pyridine rings is 1. The number of rotatable bonds is 2. The lowest BCUT2D eigenvalue weighted by Crippen LogP contribution is -2.13. The number of aryl methyl sites for hydroxylation is 1. The van der Waals surface area contributed by atoms with Crippen LogP contribution in [0.25, 0.3) is 0 Å². The van der Waals surface area contributed by atoms with E-state index < -0.39 is 0 Å². The minimum Gasteiger partial charge on any atom is -0.340 e. The number of hydrogen-bond donors (Lipinski definition) is 1. The third-order valence-electron chi connectivity index (χ3n) is 1.89. The van der Waals surface area contributed by atoms with Gasteiger partial charge in [-0.05, 0) is 17.7 Å². The van der Waals surface area contributed by atoms with Crippen LogP contribution in [0.1, 0.15) is 23.3 Å². The van der Waals surface area contributed by atoms with E-state index in [0.717, 1.165) is 5.56 Å². The molecule has 2 heterocycles. The predicted octanol–water partition coefficient (Wildman–Crippen LogP) is 0.821. The van der Waals surface area contributed by atoms with Crippen molar-refractivity contribution >= 4 is 0 Å². The molecule has 0 amide bonds. The SMILES string of the molecule is Cc1nc([C@H](N)c2ccncc2)no1. The van der Waals surface area contributed by atoms with Crippen LogP contribution >= 0.6 is 0 Å². The first-order valence-electron chi connectivity index (χ1n) is 4.23. The van der Waals surface area contributed by atoms with Crippen LogP contribution in [0.15, 0.2) is 29.0 Å². The Morgan fingerprint density at radius 3 is 2.64 bits per heavy atom. The summed E-state index contributed by atoms with van der Waals surface area (Å²) in [7, 11) is 0. The van der Waals surface area contributed by atoms with Crippen molar-refractivity contribution in [1.29, 1.82) is 0 Å². The highest BCUT2D eigenvalue weighted by atomic mass is 16.5. The van der Waals surface area contributed by atoms with Gasteiger partial charge in [-0.1, -0.05) is 5.16 Å². The molecule has 5 nitrogen and oxygen atoms in total. The van der Waals surface area contributed by atoms with Crippen molar-refractivity contribution < 1.29 is 4.52 Å². The van der Waals surface area contributed by atoms with E-state index in [4.69, 9.17) is 10.3 Å². The summed E-state index contributed by atoms with van der Waals surface area (Å²) in [6, 6.07) is 3.31. The summed E-state index contributed by atoms with van der Waals surface area (Å²) in [6.07, 6.45) is 3.37. The first kappa shape index (κ1) is 8.83. The highest BCUT2D eigenvalue weighted by Gasteiger charge is 2.14. The van der Waals surface area contributed by atoms with Gasteiger partial charge in [0.25, 0.3) is 0 Å². The summed E-state index contributed by atoms with van der Waals surface area (Å²) in [5.74, 6) is 1.01. The van der Waals surface area contributed by atoms with Crippen molar-refractivity contribution in [1.82, 2.24) is 15.1 Å². The summed E-state index contributed by atoms with van der Waals surface area (Å²) in [4.78, 5) is 7.97. The molecular formula is C9H10N4O. The number of nitrogens with zero attached hydrogens (tertiary/aromatic N) is 3. The monoisotopic (exact) mass is 190 g/mol. The minimum atomic E-state index is -0.351. The molecule has 0 fully saturated rings. The summed E-state index contributed by atoms with van der Waals surface area (Å²) in [5, 5.41) is 3.76. The maximum absolute atomic E-state index is 5.92. The van der Waals surface area contributed by atoms with Crippen LogP contribution in [0.5, 0.6) is 0 Å². The van der Waals surface area contributed by atoms with Crippen LogP contribution < -0.4 is 5.73 Å². The van der Waals surface area contributed by atoms with Crippen molar-refractivity contribution in [2.24, 2.45) is 5.73 Å². The lowest BCUT2D eigenvalue weighted by molar-refractivity contribution is 0.385. The summed E-state index contributed by atoms with van der Waals surface area (Å²) < 4.78 is 4.85. The van der Waals surface area contributed by atoms with Crippen molar-refractivity contribution in [2.45, 2.75) is 13.0 Å². The molecule has 0 aliphatic heterocycles. The minimum absolute atomic E-state index is 0.351. The van der Waals surface area contributed by atoms with Gasteiger partial charge in [-0.2, -0.15) is 4.98 Å². The van der Waals surface area contributed by atoms with Crippen LogP contribution in [-0.2, 0) is 0 Å². The van der Waals surface area contributed by atoms with E-state index in [9.17, 15) is 0 Å². The highest BCUT2D eigenvalue weighted by molar-refractivity contribution is 5.20. The van der Waals surface area contributed by atoms with Crippen LogP contribution in [0.2, 0.25) is 0 Å². The Morgan fingerprint density at radius 1 is 1.36 bits per heavy atom. The Morgan fingerprint density at radius 2 is 2.07 bits per heavy atom. The van der Waals surface area contributed by atoms with Crippen LogP contribution in [-0.4, -0.2) is 15.1 Å². The zero-order valence-electron chi connectivity index (χ0n) is 7.71. The predicted molar refractivity (Wildman–Crippen MR) is 49.3 cm³/mol. The number of nitrogens with two attached hydrogens (primary N) is 1. The molecule has 14 heavy (non-hydrogen) atoms. The largest absolute Gasteiger partial charge is 0.340 e. The second-order valence-electron chi connectivity index (χ2n) is 2.93.